The first-order valence-corrected chi connectivity index (χ1v) is 11.5. The van der Waals surface area contributed by atoms with Crippen LogP contribution >= 0.6 is 0 Å². The second-order valence-corrected chi connectivity index (χ2v) is 8.85. The lowest BCUT2D eigenvalue weighted by Crippen LogP contribution is -2.55. The van der Waals surface area contributed by atoms with Gasteiger partial charge in [0.15, 0.2) is 5.78 Å². The van der Waals surface area contributed by atoms with E-state index in [2.05, 4.69) is 22.8 Å². The Morgan fingerprint density at radius 1 is 1.03 bits per heavy atom. The first-order chi connectivity index (χ1) is 15.9. The normalized spacial score (nSPS) is 21.5. The molecule has 174 valence electrons. The molecule has 3 N–H and O–H groups in total. The molecule has 0 spiro atoms. The van der Waals surface area contributed by atoms with Crippen LogP contribution in [0.25, 0.3) is 0 Å². The van der Waals surface area contributed by atoms with Crippen LogP contribution in [-0.4, -0.2) is 47.6 Å². The van der Waals surface area contributed by atoms with Crippen molar-refractivity contribution in [2.75, 3.05) is 6.61 Å². The Morgan fingerprint density at radius 2 is 1.64 bits per heavy atom. The van der Waals surface area contributed by atoms with Gasteiger partial charge in [-0.3, -0.25) is 25.0 Å². The van der Waals surface area contributed by atoms with E-state index in [0.29, 0.717) is 6.42 Å². The van der Waals surface area contributed by atoms with E-state index in [1.54, 1.807) is 13.8 Å². The summed E-state index contributed by atoms with van der Waals surface area (Å²) in [6.45, 7) is 3.75. The zero-order valence-corrected chi connectivity index (χ0v) is 18.9. The van der Waals surface area contributed by atoms with E-state index in [0.717, 1.165) is 24.0 Å². The highest BCUT2D eigenvalue weighted by atomic mass is 16.5. The van der Waals surface area contributed by atoms with E-state index < -0.39 is 30.1 Å². The number of fused-ring (bicyclic) bond motifs is 2. The van der Waals surface area contributed by atoms with E-state index in [1.165, 1.54) is 11.1 Å². The average molecular weight is 451 g/mol. The number of rotatable bonds is 8. The molecule has 2 aromatic rings. The SMILES string of the molecule is CCOC(=O)[C@@H](N[C@@H](C)C(=O)C1N[C@H](C(=O)O)Cc2ccccc21)C1Cc2ccccc2C1. The van der Waals surface area contributed by atoms with Gasteiger partial charge in [-0.2, -0.15) is 0 Å². The molecule has 4 atom stereocenters. The van der Waals surface area contributed by atoms with Gasteiger partial charge in [-0.05, 0) is 61.3 Å². The molecule has 0 saturated heterocycles. The van der Waals surface area contributed by atoms with Crippen LogP contribution in [0.4, 0.5) is 0 Å². The molecule has 0 amide bonds. The number of carbonyl (C=O) groups excluding carboxylic acids is 2. The highest BCUT2D eigenvalue weighted by molar-refractivity contribution is 5.92. The number of benzene rings is 2. The lowest BCUT2D eigenvalue weighted by Gasteiger charge is -2.33. The zero-order valence-electron chi connectivity index (χ0n) is 18.9. The molecular weight excluding hydrogens is 420 g/mol. The number of Topliss-reactive ketones (excluding diaryl/α,β-unsaturated/α-hetero) is 1. The van der Waals surface area contributed by atoms with Gasteiger partial charge in [-0.15, -0.1) is 0 Å². The highest BCUT2D eigenvalue weighted by Gasteiger charge is 2.39. The van der Waals surface area contributed by atoms with Crippen molar-refractivity contribution in [1.82, 2.24) is 10.6 Å². The van der Waals surface area contributed by atoms with E-state index in [9.17, 15) is 19.5 Å². The smallest absolute Gasteiger partial charge is 0.323 e. The summed E-state index contributed by atoms with van der Waals surface area (Å²) in [5.41, 5.74) is 4.06. The molecule has 7 nitrogen and oxygen atoms in total. The fourth-order valence-corrected chi connectivity index (χ4v) is 5.02. The minimum Gasteiger partial charge on any atom is -0.480 e. The first-order valence-electron chi connectivity index (χ1n) is 11.5. The summed E-state index contributed by atoms with van der Waals surface area (Å²) in [5, 5.41) is 15.8. The van der Waals surface area contributed by atoms with E-state index in [4.69, 9.17) is 4.74 Å². The van der Waals surface area contributed by atoms with Crippen molar-refractivity contribution >= 4 is 17.7 Å². The van der Waals surface area contributed by atoms with Crippen LogP contribution in [0.5, 0.6) is 0 Å². The minimum absolute atomic E-state index is 0.0185. The fraction of sp³-hybridized carbons (Fsp3) is 0.423. The molecule has 0 fully saturated rings. The summed E-state index contributed by atoms with van der Waals surface area (Å²) < 4.78 is 5.34. The molecule has 1 unspecified atom stereocenters. The monoisotopic (exact) mass is 450 g/mol. The number of hydrogen-bond acceptors (Lipinski definition) is 6. The maximum atomic E-state index is 13.5. The summed E-state index contributed by atoms with van der Waals surface area (Å²) in [7, 11) is 0. The number of nitrogens with one attached hydrogen (secondary N) is 2. The summed E-state index contributed by atoms with van der Waals surface area (Å²) in [4.78, 5) is 38.0. The second kappa shape index (κ2) is 9.85. The number of ether oxygens (including phenoxy) is 1. The third-order valence-corrected chi connectivity index (χ3v) is 6.69. The minimum atomic E-state index is -0.990. The third kappa shape index (κ3) is 4.84. The third-order valence-electron chi connectivity index (χ3n) is 6.69. The van der Waals surface area contributed by atoms with Crippen molar-refractivity contribution in [2.24, 2.45) is 5.92 Å². The van der Waals surface area contributed by atoms with Crippen LogP contribution in [0.2, 0.25) is 0 Å². The Balaban J connectivity index is 1.54. The Bertz CT molecular complexity index is 1030. The first kappa shape index (κ1) is 23.1. The number of carboxylic acid groups (broad SMARTS) is 1. The topological polar surface area (TPSA) is 105 Å². The molecular formula is C26H30N2O5. The number of esters is 1. The maximum Gasteiger partial charge on any atom is 0.323 e. The summed E-state index contributed by atoms with van der Waals surface area (Å²) in [6, 6.07) is 12.6. The van der Waals surface area contributed by atoms with Crippen molar-refractivity contribution in [1.29, 1.82) is 0 Å². The predicted molar refractivity (Wildman–Crippen MR) is 123 cm³/mol. The molecule has 33 heavy (non-hydrogen) atoms. The van der Waals surface area contributed by atoms with E-state index in [1.807, 2.05) is 36.4 Å². The number of carboxylic acids is 1. The number of aliphatic carboxylic acids is 1. The van der Waals surface area contributed by atoms with Crippen LogP contribution in [-0.2, 0) is 38.4 Å². The van der Waals surface area contributed by atoms with Gasteiger partial charge in [0.25, 0.3) is 0 Å². The van der Waals surface area contributed by atoms with Gasteiger partial charge in [-0.25, -0.2) is 0 Å². The Morgan fingerprint density at radius 3 is 2.24 bits per heavy atom. The van der Waals surface area contributed by atoms with Crippen molar-refractivity contribution in [2.45, 2.75) is 57.3 Å². The van der Waals surface area contributed by atoms with Gasteiger partial charge in [0, 0.05) is 0 Å². The molecule has 4 rings (SSSR count). The van der Waals surface area contributed by atoms with Crippen molar-refractivity contribution in [3.8, 4) is 0 Å². The van der Waals surface area contributed by atoms with E-state index >= 15 is 0 Å². The summed E-state index contributed by atoms with van der Waals surface area (Å²) in [6.07, 6.45) is 1.79. The Hall–Kier alpha value is -3.03. The van der Waals surface area contributed by atoms with Gasteiger partial charge in [0.05, 0.1) is 18.7 Å². The van der Waals surface area contributed by atoms with Crippen LogP contribution in [0, 0.1) is 5.92 Å². The van der Waals surface area contributed by atoms with Crippen LogP contribution < -0.4 is 10.6 Å². The fourth-order valence-electron chi connectivity index (χ4n) is 5.02. The number of carbonyl (C=O) groups is 3. The molecule has 7 heteroatoms. The van der Waals surface area contributed by atoms with E-state index in [-0.39, 0.29) is 24.3 Å². The molecule has 1 aliphatic carbocycles. The average Bonchev–Trinajstić information content (AvgIpc) is 3.25. The largest absolute Gasteiger partial charge is 0.480 e. The summed E-state index contributed by atoms with van der Waals surface area (Å²) in [5.74, 6) is -1.57. The summed E-state index contributed by atoms with van der Waals surface area (Å²) >= 11 is 0. The van der Waals surface area contributed by atoms with Crippen molar-refractivity contribution in [3.63, 3.8) is 0 Å². The molecule has 1 aliphatic heterocycles. The van der Waals surface area contributed by atoms with Gasteiger partial charge < -0.3 is 9.84 Å². The highest BCUT2D eigenvalue weighted by Crippen LogP contribution is 2.31. The molecule has 0 aromatic heterocycles. The van der Waals surface area contributed by atoms with Gasteiger partial charge in [0.2, 0.25) is 0 Å². The lowest BCUT2D eigenvalue weighted by molar-refractivity contribution is -0.147. The quantitative estimate of drug-likeness (QED) is 0.530. The van der Waals surface area contributed by atoms with Crippen LogP contribution in [0.1, 0.15) is 42.1 Å². The van der Waals surface area contributed by atoms with Crippen LogP contribution in [0.15, 0.2) is 48.5 Å². The van der Waals surface area contributed by atoms with Crippen LogP contribution in [0.3, 0.4) is 0 Å². The predicted octanol–water partition coefficient (Wildman–Crippen LogP) is 2.22. The van der Waals surface area contributed by atoms with Crippen molar-refractivity contribution < 1.29 is 24.2 Å². The second-order valence-electron chi connectivity index (χ2n) is 8.85. The van der Waals surface area contributed by atoms with Gasteiger partial charge in [-0.1, -0.05) is 48.5 Å². The Kier molecular flexibility index (Phi) is 6.91. The van der Waals surface area contributed by atoms with Crippen molar-refractivity contribution in [3.05, 3.63) is 70.8 Å². The Labute approximate surface area is 193 Å². The number of ketones is 1. The number of hydrogen-bond donors (Lipinski definition) is 3. The molecule has 2 aliphatic rings. The molecule has 0 radical (unpaired) electrons. The van der Waals surface area contributed by atoms with Gasteiger partial charge in [0.1, 0.15) is 12.1 Å². The molecule has 0 saturated carbocycles. The zero-order chi connectivity index (χ0) is 23.5. The molecule has 0 bridgehead atoms. The molecule has 2 aromatic carbocycles. The maximum absolute atomic E-state index is 13.5. The molecule has 1 heterocycles. The standard InChI is InChI=1S/C26H30N2O5/c1-3-33-26(32)22(19-12-16-8-4-5-9-17(16)13-19)27-15(2)24(29)23-20-11-7-6-10-18(20)14-21(28-23)25(30)31/h4-11,15,19,21-23,27-28H,3,12-14H2,1-2H3,(H,30,31)/t15-,21-,22-,23?/m0/s1. The van der Waals surface area contributed by atoms with Gasteiger partial charge >= 0.3 is 11.9 Å². The lowest BCUT2D eigenvalue weighted by atomic mass is 9.86.